The third-order valence-electron chi connectivity index (χ3n) is 4.45. The molecule has 0 radical (unpaired) electrons. The Balaban J connectivity index is 1.68. The highest BCUT2D eigenvalue weighted by Gasteiger charge is 2.19. The van der Waals surface area contributed by atoms with E-state index in [9.17, 15) is 14.0 Å². The average molecular weight is 381 g/mol. The van der Waals surface area contributed by atoms with Gasteiger partial charge in [0.15, 0.2) is 0 Å². The molecule has 0 aliphatic rings. The molecule has 0 fully saturated rings. The van der Waals surface area contributed by atoms with Gasteiger partial charge in [-0.15, -0.1) is 0 Å². The monoisotopic (exact) mass is 381 g/mol. The molecule has 0 aliphatic heterocycles. The van der Waals surface area contributed by atoms with Crippen molar-refractivity contribution < 1.29 is 19.1 Å². The molecule has 1 heterocycles. The lowest BCUT2D eigenvalue weighted by Gasteiger charge is -2.15. The van der Waals surface area contributed by atoms with E-state index in [4.69, 9.17) is 5.11 Å². The van der Waals surface area contributed by atoms with Gasteiger partial charge in [0.2, 0.25) is 5.91 Å². The molecule has 7 heteroatoms. The summed E-state index contributed by atoms with van der Waals surface area (Å²) in [4.78, 5) is 27.7. The highest BCUT2D eigenvalue weighted by molar-refractivity contribution is 5.91. The van der Waals surface area contributed by atoms with Crippen LogP contribution >= 0.6 is 0 Å². The SMILES string of the molecule is Cc1nccn1-c1ccc(NC(=O)CC(CC(=O)O)c2ccc(F)cc2)cc1. The van der Waals surface area contributed by atoms with Crippen LogP contribution in [-0.4, -0.2) is 26.5 Å². The fourth-order valence-electron chi connectivity index (χ4n) is 3.05. The van der Waals surface area contributed by atoms with Gasteiger partial charge >= 0.3 is 5.97 Å². The van der Waals surface area contributed by atoms with Gasteiger partial charge < -0.3 is 15.0 Å². The van der Waals surface area contributed by atoms with E-state index >= 15 is 0 Å². The third kappa shape index (κ3) is 4.82. The summed E-state index contributed by atoms with van der Waals surface area (Å²) in [6, 6.07) is 12.8. The molecule has 1 aromatic heterocycles. The summed E-state index contributed by atoms with van der Waals surface area (Å²) in [5, 5.41) is 11.9. The van der Waals surface area contributed by atoms with Crippen molar-refractivity contribution >= 4 is 17.6 Å². The predicted molar refractivity (Wildman–Crippen MR) is 103 cm³/mol. The number of halogens is 1. The number of anilines is 1. The Morgan fingerprint density at radius 2 is 1.79 bits per heavy atom. The van der Waals surface area contributed by atoms with Gasteiger partial charge in [0.25, 0.3) is 0 Å². The summed E-state index contributed by atoms with van der Waals surface area (Å²) in [5.74, 6) is -1.40. The second-order valence-corrected chi connectivity index (χ2v) is 6.49. The molecule has 28 heavy (non-hydrogen) atoms. The van der Waals surface area contributed by atoms with Crippen LogP contribution in [0.3, 0.4) is 0 Å². The molecule has 0 saturated heterocycles. The Morgan fingerprint density at radius 1 is 1.11 bits per heavy atom. The first kappa shape index (κ1) is 19.3. The maximum atomic E-state index is 13.1. The fraction of sp³-hybridized carbons (Fsp3) is 0.190. The molecule has 6 nitrogen and oxygen atoms in total. The van der Waals surface area contributed by atoms with Crippen molar-refractivity contribution in [1.82, 2.24) is 9.55 Å². The zero-order valence-corrected chi connectivity index (χ0v) is 15.3. The van der Waals surface area contributed by atoms with Crippen molar-refractivity contribution in [3.05, 3.63) is 78.1 Å². The van der Waals surface area contributed by atoms with Gasteiger partial charge in [-0.3, -0.25) is 9.59 Å². The van der Waals surface area contributed by atoms with Crippen molar-refractivity contribution in [2.75, 3.05) is 5.32 Å². The minimum Gasteiger partial charge on any atom is -0.481 e. The van der Waals surface area contributed by atoms with Crippen molar-refractivity contribution in [2.45, 2.75) is 25.7 Å². The molecule has 1 amide bonds. The number of carbonyl (C=O) groups is 2. The smallest absolute Gasteiger partial charge is 0.303 e. The number of hydrogen-bond donors (Lipinski definition) is 2. The second-order valence-electron chi connectivity index (χ2n) is 6.49. The highest BCUT2D eigenvalue weighted by Crippen LogP contribution is 2.25. The molecular weight excluding hydrogens is 361 g/mol. The Kier molecular flexibility index (Phi) is 5.84. The normalized spacial score (nSPS) is 11.8. The van der Waals surface area contributed by atoms with Crippen LogP contribution in [0.5, 0.6) is 0 Å². The molecular formula is C21H20FN3O3. The number of aryl methyl sites for hydroxylation is 1. The first-order valence-electron chi connectivity index (χ1n) is 8.80. The van der Waals surface area contributed by atoms with Crippen LogP contribution in [0.2, 0.25) is 0 Å². The molecule has 1 unspecified atom stereocenters. The molecule has 0 saturated carbocycles. The maximum Gasteiger partial charge on any atom is 0.303 e. The van der Waals surface area contributed by atoms with Gasteiger partial charge in [0.05, 0.1) is 6.42 Å². The van der Waals surface area contributed by atoms with Crippen molar-refractivity contribution in [1.29, 1.82) is 0 Å². The molecule has 0 spiro atoms. The van der Waals surface area contributed by atoms with E-state index in [1.807, 2.05) is 29.8 Å². The number of rotatable bonds is 7. The third-order valence-corrected chi connectivity index (χ3v) is 4.45. The van der Waals surface area contributed by atoms with Crippen LogP contribution in [0.25, 0.3) is 5.69 Å². The van der Waals surface area contributed by atoms with Crippen LogP contribution in [0, 0.1) is 12.7 Å². The number of nitrogens with zero attached hydrogens (tertiary/aromatic N) is 2. The summed E-state index contributed by atoms with van der Waals surface area (Å²) >= 11 is 0. The Labute approximate surface area is 161 Å². The van der Waals surface area contributed by atoms with E-state index < -0.39 is 17.7 Å². The molecule has 1 atom stereocenters. The molecule has 0 bridgehead atoms. The summed E-state index contributed by atoms with van der Waals surface area (Å²) in [5.41, 5.74) is 2.15. The van der Waals surface area contributed by atoms with E-state index in [2.05, 4.69) is 10.3 Å². The van der Waals surface area contributed by atoms with Crippen LogP contribution in [0.15, 0.2) is 60.9 Å². The van der Waals surface area contributed by atoms with Crippen LogP contribution < -0.4 is 5.32 Å². The first-order chi connectivity index (χ1) is 13.4. The van der Waals surface area contributed by atoms with Gasteiger partial charge in [-0.05, 0) is 48.9 Å². The highest BCUT2D eigenvalue weighted by atomic mass is 19.1. The first-order valence-corrected chi connectivity index (χ1v) is 8.80. The standard InChI is InChI=1S/C21H20FN3O3/c1-14-23-10-11-25(14)19-8-6-18(7-9-19)24-20(26)12-16(13-21(27)28)15-2-4-17(22)5-3-15/h2-11,16H,12-13H2,1H3,(H,24,26)(H,27,28). The molecule has 3 aromatic rings. The lowest BCUT2D eigenvalue weighted by Crippen LogP contribution is -2.17. The number of aromatic nitrogens is 2. The predicted octanol–water partition coefficient (Wildman–Crippen LogP) is 3.91. The molecule has 3 rings (SSSR count). The second kappa shape index (κ2) is 8.47. The number of nitrogens with one attached hydrogen (secondary N) is 1. The van der Waals surface area contributed by atoms with Crippen molar-refractivity contribution in [3.63, 3.8) is 0 Å². The molecule has 2 aromatic carbocycles. The number of benzene rings is 2. The average Bonchev–Trinajstić information content (AvgIpc) is 3.08. The minimum atomic E-state index is -1.01. The van der Waals surface area contributed by atoms with E-state index in [0.29, 0.717) is 11.3 Å². The fourth-order valence-corrected chi connectivity index (χ4v) is 3.05. The molecule has 2 N–H and O–H groups in total. The van der Waals surface area contributed by atoms with Gasteiger partial charge in [0, 0.05) is 36.1 Å². The van der Waals surface area contributed by atoms with E-state index in [-0.39, 0.29) is 18.7 Å². The number of hydrogen-bond acceptors (Lipinski definition) is 3. The Hall–Kier alpha value is -3.48. The van der Waals surface area contributed by atoms with Crippen LogP contribution in [0.4, 0.5) is 10.1 Å². The number of amides is 1. The lowest BCUT2D eigenvalue weighted by molar-refractivity contribution is -0.137. The Morgan fingerprint density at radius 3 is 2.36 bits per heavy atom. The van der Waals surface area contributed by atoms with E-state index in [1.54, 1.807) is 18.3 Å². The summed E-state index contributed by atoms with van der Waals surface area (Å²) in [7, 11) is 0. The van der Waals surface area contributed by atoms with Gasteiger partial charge in [0.1, 0.15) is 11.6 Å². The van der Waals surface area contributed by atoms with E-state index in [0.717, 1.165) is 11.5 Å². The lowest BCUT2D eigenvalue weighted by atomic mass is 9.92. The minimum absolute atomic E-state index is 0.0136. The largest absolute Gasteiger partial charge is 0.481 e. The quantitative estimate of drug-likeness (QED) is 0.650. The molecule has 0 aliphatic carbocycles. The van der Waals surface area contributed by atoms with Crippen molar-refractivity contribution in [2.24, 2.45) is 0 Å². The number of aliphatic carboxylic acids is 1. The van der Waals surface area contributed by atoms with Gasteiger partial charge in [-0.2, -0.15) is 0 Å². The number of imidazole rings is 1. The van der Waals surface area contributed by atoms with Crippen LogP contribution in [0.1, 0.15) is 30.1 Å². The number of carbonyl (C=O) groups excluding carboxylic acids is 1. The summed E-state index contributed by atoms with van der Waals surface area (Å²) < 4.78 is 15.0. The zero-order chi connectivity index (χ0) is 20.1. The van der Waals surface area contributed by atoms with Gasteiger partial charge in [-0.25, -0.2) is 9.37 Å². The van der Waals surface area contributed by atoms with E-state index in [1.165, 1.54) is 24.3 Å². The summed E-state index contributed by atoms with van der Waals surface area (Å²) in [6.07, 6.45) is 3.34. The molecule has 144 valence electrons. The van der Waals surface area contributed by atoms with Crippen molar-refractivity contribution in [3.8, 4) is 5.69 Å². The topological polar surface area (TPSA) is 84.2 Å². The number of carboxylic acid groups (broad SMARTS) is 1. The Bertz CT molecular complexity index is 965. The number of carboxylic acids is 1. The van der Waals surface area contributed by atoms with Crippen LogP contribution in [-0.2, 0) is 9.59 Å². The maximum absolute atomic E-state index is 13.1. The zero-order valence-electron chi connectivity index (χ0n) is 15.3. The summed E-state index contributed by atoms with van der Waals surface area (Å²) in [6.45, 7) is 1.90. The van der Waals surface area contributed by atoms with Gasteiger partial charge in [-0.1, -0.05) is 12.1 Å².